The first-order valence-electron chi connectivity index (χ1n) is 10.8. The maximum atomic E-state index is 12.8. The fourth-order valence-electron chi connectivity index (χ4n) is 3.85. The molecule has 0 radical (unpaired) electrons. The van der Waals surface area contributed by atoms with Gasteiger partial charge >= 0.3 is 0 Å². The van der Waals surface area contributed by atoms with E-state index >= 15 is 0 Å². The van der Waals surface area contributed by atoms with Gasteiger partial charge in [-0.3, -0.25) is 9.59 Å². The van der Waals surface area contributed by atoms with Gasteiger partial charge in [0.2, 0.25) is 11.8 Å². The Morgan fingerprint density at radius 2 is 1.73 bits per heavy atom. The van der Waals surface area contributed by atoms with Gasteiger partial charge in [0, 0.05) is 5.69 Å². The summed E-state index contributed by atoms with van der Waals surface area (Å²) in [4.78, 5) is 25.4. The lowest BCUT2D eigenvalue weighted by Gasteiger charge is -2.21. The number of nitrogens with two attached hydrogens (primary N) is 2. The van der Waals surface area contributed by atoms with E-state index in [0.29, 0.717) is 32.2 Å². The van der Waals surface area contributed by atoms with Gasteiger partial charge in [-0.2, -0.15) is 0 Å². The lowest BCUT2D eigenvalue weighted by atomic mass is 10.0. The quantitative estimate of drug-likeness (QED) is 0.483. The van der Waals surface area contributed by atoms with Crippen molar-refractivity contribution in [3.05, 3.63) is 65.2 Å². The Kier molecular flexibility index (Phi) is 7.99. The van der Waals surface area contributed by atoms with Crippen LogP contribution in [0.1, 0.15) is 42.4 Å². The first-order chi connectivity index (χ1) is 14.6. The average molecular weight is 409 g/mol. The van der Waals surface area contributed by atoms with E-state index in [9.17, 15) is 9.59 Å². The third-order valence-corrected chi connectivity index (χ3v) is 5.62. The number of aryl methyl sites for hydroxylation is 3. The zero-order valence-electron chi connectivity index (χ0n) is 17.4. The van der Waals surface area contributed by atoms with Gasteiger partial charge in [-0.1, -0.05) is 36.4 Å². The highest BCUT2D eigenvalue weighted by Gasteiger charge is 2.24. The molecule has 1 aliphatic rings. The summed E-state index contributed by atoms with van der Waals surface area (Å²) >= 11 is 0. The molecule has 6 N–H and O–H groups in total. The van der Waals surface area contributed by atoms with E-state index in [1.165, 1.54) is 11.1 Å². The van der Waals surface area contributed by atoms with Gasteiger partial charge in [0.15, 0.2) is 0 Å². The molecule has 0 saturated carbocycles. The zero-order chi connectivity index (χ0) is 21.3. The molecule has 0 heterocycles. The number of benzene rings is 2. The van der Waals surface area contributed by atoms with Gasteiger partial charge in [-0.15, -0.1) is 0 Å². The first kappa shape index (κ1) is 22.0. The van der Waals surface area contributed by atoms with Gasteiger partial charge in [-0.05, 0) is 80.3 Å². The number of hydrogen-bond donors (Lipinski definition) is 4. The Morgan fingerprint density at radius 1 is 0.967 bits per heavy atom. The van der Waals surface area contributed by atoms with Crippen molar-refractivity contribution < 1.29 is 9.59 Å². The van der Waals surface area contributed by atoms with Crippen molar-refractivity contribution in [1.29, 1.82) is 0 Å². The summed E-state index contributed by atoms with van der Waals surface area (Å²) in [5.41, 5.74) is 16.3. The summed E-state index contributed by atoms with van der Waals surface area (Å²) in [7, 11) is 0. The number of amides is 2. The molecule has 30 heavy (non-hydrogen) atoms. The molecule has 0 unspecified atom stereocenters. The largest absolute Gasteiger partial charge is 0.343 e. The van der Waals surface area contributed by atoms with E-state index in [2.05, 4.69) is 16.7 Å². The van der Waals surface area contributed by atoms with E-state index < -0.39 is 12.1 Å². The predicted octanol–water partition coefficient (Wildman–Crippen LogP) is 2.30. The van der Waals surface area contributed by atoms with Crippen LogP contribution in [0.25, 0.3) is 0 Å². The van der Waals surface area contributed by atoms with Crippen LogP contribution >= 0.6 is 0 Å². The van der Waals surface area contributed by atoms with Crippen LogP contribution in [-0.2, 0) is 28.9 Å². The monoisotopic (exact) mass is 408 g/mol. The van der Waals surface area contributed by atoms with Crippen LogP contribution in [0, 0.1) is 0 Å². The van der Waals surface area contributed by atoms with E-state index in [4.69, 9.17) is 11.5 Å². The smallest absolute Gasteiger partial charge is 0.246 e. The number of fused-ring (bicyclic) bond motifs is 1. The molecule has 6 nitrogen and oxygen atoms in total. The second-order valence-corrected chi connectivity index (χ2v) is 7.95. The van der Waals surface area contributed by atoms with Crippen molar-refractivity contribution in [3.8, 4) is 0 Å². The zero-order valence-corrected chi connectivity index (χ0v) is 17.4. The summed E-state index contributed by atoms with van der Waals surface area (Å²) in [6, 6.07) is 14.6. The second-order valence-electron chi connectivity index (χ2n) is 7.95. The van der Waals surface area contributed by atoms with Crippen LogP contribution in [0.4, 0.5) is 5.69 Å². The van der Waals surface area contributed by atoms with Crippen molar-refractivity contribution in [2.45, 2.75) is 57.0 Å². The molecule has 160 valence electrons. The summed E-state index contributed by atoms with van der Waals surface area (Å²) in [5, 5.41) is 5.78. The topological polar surface area (TPSA) is 110 Å². The summed E-state index contributed by atoms with van der Waals surface area (Å²) in [6.45, 7) is 0.457. The summed E-state index contributed by atoms with van der Waals surface area (Å²) < 4.78 is 0. The van der Waals surface area contributed by atoms with E-state index in [0.717, 1.165) is 30.5 Å². The molecule has 0 saturated heterocycles. The van der Waals surface area contributed by atoms with Crippen LogP contribution < -0.4 is 22.1 Å². The molecule has 2 amide bonds. The number of carbonyl (C=O) groups is 2. The number of rotatable bonds is 10. The molecule has 2 aromatic carbocycles. The third-order valence-electron chi connectivity index (χ3n) is 5.62. The van der Waals surface area contributed by atoms with Gasteiger partial charge in [-0.25, -0.2) is 0 Å². The fourth-order valence-corrected chi connectivity index (χ4v) is 3.85. The molecule has 0 aliphatic heterocycles. The Balaban J connectivity index is 1.57. The minimum Gasteiger partial charge on any atom is -0.343 e. The molecule has 0 spiro atoms. The minimum atomic E-state index is -0.668. The fraction of sp³-hybridized carbons (Fsp3) is 0.417. The van der Waals surface area contributed by atoms with Crippen molar-refractivity contribution >= 4 is 17.5 Å². The van der Waals surface area contributed by atoms with Gasteiger partial charge in [0.05, 0.1) is 6.04 Å². The third kappa shape index (κ3) is 6.15. The van der Waals surface area contributed by atoms with Crippen LogP contribution in [0.2, 0.25) is 0 Å². The van der Waals surface area contributed by atoms with Crippen molar-refractivity contribution in [3.63, 3.8) is 0 Å². The van der Waals surface area contributed by atoms with Crippen molar-refractivity contribution in [2.75, 3.05) is 11.9 Å². The molecule has 0 bridgehead atoms. The predicted molar refractivity (Wildman–Crippen MR) is 120 cm³/mol. The maximum Gasteiger partial charge on any atom is 0.246 e. The Labute approximate surface area is 178 Å². The van der Waals surface area contributed by atoms with Gasteiger partial charge in [0.1, 0.15) is 6.04 Å². The number of carbonyl (C=O) groups excluding carboxylic acids is 2. The van der Waals surface area contributed by atoms with Crippen LogP contribution in [0.3, 0.4) is 0 Å². The first-order valence-corrected chi connectivity index (χ1v) is 10.8. The number of anilines is 1. The normalized spacial score (nSPS) is 14.6. The minimum absolute atomic E-state index is 0.231. The highest BCUT2D eigenvalue weighted by atomic mass is 16.2. The maximum absolute atomic E-state index is 12.8. The lowest BCUT2D eigenvalue weighted by molar-refractivity contribution is -0.127. The number of hydrogen-bond acceptors (Lipinski definition) is 4. The van der Waals surface area contributed by atoms with Crippen molar-refractivity contribution in [1.82, 2.24) is 5.32 Å². The Hall–Kier alpha value is -2.70. The highest BCUT2D eigenvalue weighted by molar-refractivity contribution is 5.97. The lowest BCUT2D eigenvalue weighted by Crippen LogP contribution is -2.50. The second kappa shape index (κ2) is 10.9. The van der Waals surface area contributed by atoms with Crippen LogP contribution in [0.5, 0.6) is 0 Å². The van der Waals surface area contributed by atoms with Gasteiger partial charge < -0.3 is 22.1 Å². The standard InChI is InChI=1S/C24H32N4O2/c25-15-5-10-22(24(30)27-20-13-12-18-8-4-9-19(18)16-20)28-23(29)21(26)14-11-17-6-2-1-3-7-17/h1-3,6-7,12-13,16,21-22H,4-5,8-11,14-15,25-26H2,(H,27,30)(H,28,29)/t21-,22-/m0/s1. The number of nitrogens with one attached hydrogen (secondary N) is 2. The molecule has 0 fully saturated rings. The van der Waals surface area contributed by atoms with Gasteiger partial charge in [0.25, 0.3) is 0 Å². The molecule has 6 heteroatoms. The molecule has 2 atom stereocenters. The van der Waals surface area contributed by atoms with E-state index in [-0.39, 0.29) is 11.8 Å². The molecule has 1 aliphatic carbocycles. The van der Waals surface area contributed by atoms with Crippen LogP contribution in [-0.4, -0.2) is 30.4 Å². The highest BCUT2D eigenvalue weighted by Crippen LogP contribution is 2.25. The average Bonchev–Trinajstić information content (AvgIpc) is 3.23. The molecule has 0 aromatic heterocycles. The SMILES string of the molecule is NCCC[C@H](NC(=O)[C@@H](N)CCc1ccccc1)C(=O)Nc1ccc2c(c1)CCC2. The Bertz CT molecular complexity index is 854. The van der Waals surface area contributed by atoms with E-state index in [1.807, 2.05) is 42.5 Å². The Morgan fingerprint density at radius 3 is 2.50 bits per heavy atom. The van der Waals surface area contributed by atoms with E-state index in [1.54, 1.807) is 0 Å². The molecular formula is C24H32N4O2. The molecule has 2 aromatic rings. The molecule has 3 rings (SSSR count). The summed E-state index contributed by atoms with van der Waals surface area (Å²) in [6.07, 6.45) is 5.65. The van der Waals surface area contributed by atoms with Crippen LogP contribution in [0.15, 0.2) is 48.5 Å². The summed E-state index contributed by atoms with van der Waals surface area (Å²) in [5.74, 6) is -0.540. The van der Waals surface area contributed by atoms with Crippen molar-refractivity contribution in [2.24, 2.45) is 11.5 Å². The molecular weight excluding hydrogens is 376 g/mol.